The van der Waals surface area contributed by atoms with Crippen molar-refractivity contribution in [3.63, 3.8) is 0 Å². The van der Waals surface area contributed by atoms with Gasteiger partial charge in [-0.1, -0.05) is 92.3 Å². The summed E-state index contributed by atoms with van der Waals surface area (Å²) in [5.41, 5.74) is 2.77. The number of para-hydroxylation sites is 1. The van der Waals surface area contributed by atoms with E-state index in [1.165, 1.54) is 16.7 Å². The lowest BCUT2D eigenvalue weighted by Crippen LogP contribution is -2.39. The minimum Gasteiger partial charge on any atom is -0.354 e. The van der Waals surface area contributed by atoms with Crippen molar-refractivity contribution in [3.8, 4) is 0 Å². The second-order valence-corrected chi connectivity index (χ2v) is 9.87. The molecule has 0 saturated carbocycles. The number of fused-ring (bicyclic) bond motifs is 1. The number of thiocarbonyl (C=S) groups is 1. The maximum atomic E-state index is 13.5. The lowest BCUT2D eigenvalue weighted by atomic mass is 10.1. The largest absolute Gasteiger partial charge is 0.354 e. The number of carbonyl (C=O) groups is 3. The number of amides is 3. The van der Waals surface area contributed by atoms with Crippen LogP contribution in [0.1, 0.15) is 37.3 Å². The summed E-state index contributed by atoms with van der Waals surface area (Å²) in [5, 5.41) is 2.90. The molecule has 0 bridgehead atoms. The van der Waals surface area contributed by atoms with Crippen LogP contribution in [0.3, 0.4) is 0 Å². The SMILES string of the molecule is CCCCCN1C(=O)/C(=C2/C(=O)N(CC(=O)NCCc3ccccc3)c3ccccc32)SC1=S. The summed E-state index contributed by atoms with van der Waals surface area (Å²) in [6, 6.07) is 17.2. The summed E-state index contributed by atoms with van der Waals surface area (Å²) in [7, 11) is 0. The number of nitrogens with one attached hydrogen (secondary N) is 1. The zero-order valence-corrected chi connectivity index (χ0v) is 20.7. The molecule has 8 heteroatoms. The van der Waals surface area contributed by atoms with E-state index in [0.29, 0.717) is 45.6 Å². The fourth-order valence-electron chi connectivity index (χ4n) is 4.11. The number of unbranched alkanes of at least 4 members (excludes halogenated alkanes) is 2. The molecule has 0 aromatic heterocycles. The Morgan fingerprint density at radius 3 is 2.47 bits per heavy atom. The third-order valence-corrected chi connectivity index (χ3v) is 7.31. The Hall–Kier alpha value is -2.97. The van der Waals surface area contributed by atoms with Gasteiger partial charge >= 0.3 is 0 Å². The first-order valence-electron chi connectivity index (χ1n) is 11.5. The first-order valence-corrected chi connectivity index (χ1v) is 12.7. The van der Waals surface area contributed by atoms with Crippen LogP contribution in [0.15, 0.2) is 59.5 Å². The molecule has 0 spiro atoms. The Morgan fingerprint density at radius 1 is 0.971 bits per heavy atom. The normalized spacial score (nSPS) is 17.5. The lowest BCUT2D eigenvalue weighted by molar-refractivity contribution is -0.122. The molecule has 34 heavy (non-hydrogen) atoms. The van der Waals surface area contributed by atoms with Gasteiger partial charge in [-0.05, 0) is 24.5 Å². The van der Waals surface area contributed by atoms with E-state index in [1.54, 1.807) is 11.0 Å². The van der Waals surface area contributed by atoms with Crippen molar-refractivity contribution < 1.29 is 14.4 Å². The summed E-state index contributed by atoms with van der Waals surface area (Å²) < 4.78 is 0.478. The number of carbonyl (C=O) groups excluding carboxylic acids is 3. The van der Waals surface area contributed by atoms with E-state index in [-0.39, 0.29) is 24.3 Å². The van der Waals surface area contributed by atoms with E-state index >= 15 is 0 Å². The number of benzene rings is 2. The average Bonchev–Trinajstić information content (AvgIpc) is 3.27. The molecule has 1 fully saturated rings. The van der Waals surface area contributed by atoms with E-state index in [4.69, 9.17) is 12.2 Å². The molecule has 2 aromatic carbocycles. The maximum absolute atomic E-state index is 13.5. The second-order valence-electron chi connectivity index (χ2n) is 8.23. The Kier molecular flexibility index (Phi) is 7.80. The zero-order chi connectivity index (χ0) is 24.1. The smallest absolute Gasteiger partial charge is 0.267 e. The van der Waals surface area contributed by atoms with Gasteiger partial charge < -0.3 is 5.32 Å². The van der Waals surface area contributed by atoms with Crippen LogP contribution in [-0.4, -0.2) is 46.6 Å². The third kappa shape index (κ3) is 5.08. The second kappa shape index (κ2) is 11.0. The molecule has 176 valence electrons. The lowest BCUT2D eigenvalue weighted by Gasteiger charge is -2.17. The Morgan fingerprint density at radius 2 is 1.71 bits per heavy atom. The van der Waals surface area contributed by atoms with Crippen LogP contribution in [0.2, 0.25) is 0 Å². The van der Waals surface area contributed by atoms with Crippen LogP contribution in [0.25, 0.3) is 5.57 Å². The first-order chi connectivity index (χ1) is 16.5. The Balaban J connectivity index is 1.50. The first kappa shape index (κ1) is 24.2. The van der Waals surface area contributed by atoms with Gasteiger partial charge in [-0.3, -0.25) is 24.2 Å². The van der Waals surface area contributed by atoms with E-state index in [9.17, 15) is 14.4 Å². The molecule has 1 saturated heterocycles. The van der Waals surface area contributed by atoms with Gasteiger partial charge in [0.2, 0.25) is 5.91 Å². The molecule has 2 aliphatic rings. The van der Waals surface area contributed by atoms with Crippen molar-refractivity contribution >= 4 is 57.3 Å². The summed E-state index contributed by atoms with van der Waals surface area (Å²) in [5.74, 6) is -0.806. The van der Waals surface area contributed by atoms with E-state index < -0.39 is 0 Å². The monoisotopic (exact) mass is 493 g/mol. The molecule has 0 atom stereocenters. The number of hydrogen-bond donors (Lipinski definition) is 1. The highest BCUT2D eigenvalue weighted by atomic mass is 32.2. The average molecular weight is 494 g/mol. The highest BCUT2D eigenvalue weighted by molar-refractivity contribution is 8.26. The van der Waals surface area contributed by atoms with Crippen molar-refractivity contribution in [2.45, 2.75) is 32.6 Å². The number of anilines is 1. The number of hydrogen-bond acceptors (Lipinski definition) is 5. The van der Waals surface area contributed by atoms with Crippen molar-refractivity contribution in [2.24, 2.45) is 0 Å². The summed E-state index contributed by atoms with van der Waals surface area (Å²) in [6.45, 7) is 3.03. The van der Waals surface area contributed by atoms with E-state index in [1.807, 2.05) is 48.5 Å². The van der Waals surface area contributed by atoms with Crippen molar-refractivity contribution in [1.82, 2.24) is 10.2 Å². The highest BCUT2D eigenvalue weighted by Crippen LogP contribution is 2.44. The highest BCUT2D eigenvalue weighted by Gasteiger charge is 2.42. The van der Waals surface area contributed by atoms with Crippen LogP contribution >= 0.6 is 24.0 Å². The molecule has 0 aliphatic carbocycles. The molecule has 2 heterocycles. The van der Waals surface area contributed by atoms with Crippen molar-refractivity contribution in [3.05, 3.63) is 70.6 Å². The molecule has 0 unspecified atom stereocenters. The quantitative estimate of drug-likeness (QED) is 0.323. The predicted molar refractivity (Wildman–Crippen MR) is 140 cm³/mol. The molecule has 4 rings (SSSR count). The maximum Gasteiger partial charge on any atom is 0.267 e. The number of rotatable bonds is 9. The van der Waals surface area contributed by atoms with Crippen LogP contribution in [0.5, 0.6) is 0 Å². The molecule has 2 aromatic rings. The molecule has 6 nitrogen and oxygen atoms in total. The van der Waals surface area contributed by atoms with Gasteiger partial charge in [0.1, 0.15) is 10.9 Å². The van der Waals surface area contributed by atoms with Gasteiger partial charge in [0.05, 0.1) is 16.2 Å². The minimum absolute atomic E-state index is 0.106. The van der Waals surface area contributed by atoms with E-state index in [2.05, 4.69) is 12.2 Å². The van der Waals surface area contributed by atoms with Crippen LogP contribution in [0, 0.1) is 0 Å². The van der Waals surface area contributed by atoms with Crippen molar-refractivity contribution in [1.29, 1.82) is 0 Å². The van der Waals surface area contributed by atoms with Gasteiger partial charge in [0, 0.05) is 18.7 Å². The fourth-order valence-corrected chi connectivity index (χ4v) is 5.49. The van der Waals surface area contributed by atoms with Crippen LogP contribution in [-0.2, 0) is 20.8 Å². The van der Waals surface area contributed by atoms with Crippen LogP contribution < -0.4 is 10.2 Å². The molecule has 0 radical (unpaired) electrons. The number of nitrogens with zero attached hydrogens (tertiary/aromatic N) is 2. The van der Waals surface area contributed by atoms with Gasteiger partial charge in [0.25, 0.3) is 11.8 Å². The predicted octanol–water partition coefficient (Wildman–Crippen LogP) is 4.15. The third-order valence-electron chi connectivity index (χ3n) is 5.87. The topological polar surface area (TPSA) is 69.7 Å². The summed E-state index contributed by atoms with van der Waals surface area (Å²) >= 11 is 6.63. The van der Waals surface area contributed by atoms with Gasteiger partial charge in [-0.25, -0.2) is 0 Å². The molecular weight excluding hydrogens is 466 g/mol. The van der Waals surface area contributed by atoms with Gasteiger partial charge in [-0.15, -0.1) is 0 Å². The Labute approximate surface area is 209 Å². The van der Waals surface area contributed by atoms with Crippen LogP contribution in [0.4, 0.5) is 5.69 Å². The van der Waals surface area contributed by atoms with Gasteiger partial charge in [0.15, 0.2) is 0 Å². The molecule has 1 N–H and O–H groups in total. The molecular formula is C26H27N3O3S2. The summed E-state index contributed by atoms with van der Waals surface area (Å²) in [4.78, 5) is 42.7. The number of thioether (sulfide) groups is 1. The summed E-state index contributed by atoms with van der Waals surface area (Å²) in [6.07, 6.45) is 3.64. The minimum atomic E-state index is -0.339. The molecule has 2 aliphatic heterocycles. The standard InChI is InChI=1S/C26H27N3O3S2/c1-2-3-9-16-28-25(32)23(34-26(28)33)22-19-12-7-8-13-20(19)29(24(22)31)17-21(30)27-15-14-18-10-5-4-6-11-18/h4-8,10-13H,2-3,9,14-17H2,1H3,(H,27,30)/b23-22-. The van der Waals surface area contributed by atoms with Crippen molar-refractivity contribution in [2.75, 3.05) is 24.5 Å². The van der Waals surface area contributed by atoms with Gasteiger partial charge in [-0.2, -0.15) is 0 Å². The molecule has 3 amide bonds. The fraction of sp³-hybridized carbons (Fsp3) is 0.308. The zero-order valence-electron chi connectivity index (χ0n) is 19.1. The van der Waals surface area contributed by atoms with E-state index in [0.717, 1.165) is 24.8 Å². The Bertz CT molecular complexity index is 1150.